The number of aromatic nitrogens is 3. The number of rotatable bonds is 4. The summed E-state index contributed by atoms with van der Waals surface area (Å²) in [6.45, 7) is 1.73. The molecule has 0 saturated heterocycles. The van der Waals surface area contributed by atoms with Crippen molar-refractivity contribution in [2.45, 2.75) is 38.8 Å². The fourth-order valence-electron chi connectivity index (χ4n) is 2.38. The summed E-state index contributed by atoms with van der Waals surface area (Å²) in [5.41, 5.74) is 0. The Labute approximate surface area is 154 Å². The molecule has 2 rings (SSSR count). The van der Waals surface area contributed by atoms with E-state index in [1.54, 1.807) is 26.0 Å². The monoisotopic (exact) mass is 435 g/mol. The zero-order valence-electron chi connectivity index (χ0n) is 14.0. The van der Waals surface area contributed by atoms with E-state index in [0.717, 1.165) is 24.6 Å². The van der Waals surface area contributed by atoms with Crippen molar-refractivity contribution in [3.05, 3.63) is 11.6 Å². The SMILES string of the molecule is CN=C(NCC(=O)N(C)C)NCc1nnc2n1CCCCC2.I. The normalized spacial score (nSPS) is 14.3. The fourth-order valence-corrected chi connectivity index (χ4v) is 2.38. The second-order valence-electron chi connectivity index (χ2n) is 5.56. The van der Waals surface area contributed by atoms with E-state index in [2.05, 4.69) is 30.4 Å². The molecule has 0 saturated carbocycles. The Balaban J connectivity index is 0.00000264. The predicted octanol–water partition coefficient (Wildman–Crippen LogP) is 0.376. The van der Waals surface area contributed by atoms with Gasteiger partial charge in [-0.3, -0.25) is 9.79 Å². The topological polar surface area (TPSA) is 87.4 Å². The van der Waals surface area contributed by atoms with Crippen LogP contribution in [0.3, 0.4) is 0 Å². The number of guanidine groups is 1. The van der Waals surface area contributed by atoms with Gasteiger partial charge in [-0.1, -0.05) is 6.42 Å². The summed E-state index contributed by atoms with van der Waals surface area (Å²) in [7, 11) is 5.14. The van der Waals surface area contributed by atoms with E-state index in [0.29, 0.717) is 12.5 Å². The molecule has 1 aliphatic heterocycles. The average molecular weight is 435 g/mol. The molecule has 0 aliphatic carbocycles. The summed E-state index contributed by atoms with van der Waals surface area (Å²) in [6.07, 6.45) is 4.59. The number of aliphatic imine (C=N–C) groups is 1. The second kappa shape index (κ2) is 9.68. The maximum Gasteiger partial charge on any atom is 0.241 e. The minimum atomic E-state index is -0.000653. The van der Waals surface area contributed by atoms with E-state index >= 15 is 0 Å². The molecule has 1 aromatic rings. The van der Waals surface area contributed by atoms with Gasteiger partial charge in [-0.05, 0) is 12.8 Å². The molecule has 0 radical (unpaired) electrons. The Morgan fingerprint density at radius 1 is 1.26 bits per heavy atom. The maximum atomic E-state index is 11.6. The van der Waals surface area contributed by atoms with Crippen molar-refractivity contribution in [1.29, 1.82) is 0 Å². The van der Waals surface area contributed by atoms with Crippen LogP contribution in [0.1, 0.15) is 30.9 Å². The number of hydrogen-bond acceptors (Lipinski definition) is 4. The van der Waals surface area contributed by atoms with Crippen molar-refractivity contribution < 1.29 is 4.79 Å². The molecule has 1 aromatic heterocycles. The minimum Gasteiger partial charge on any atom is -0.349 e. The van der Waals surface area contributed by atoms with Crippen molar-refractivity contribution in [3.8, 4) is 0 Å². The van der Waals surface area contributed by atoms with Crippen molar-refractivity contribution in [2.24, 2.45) is 4.99 Å². The first-order valence-corrected chi connectivity index (χ1v) is 7.67. The molecule has 0 fully saturated rings. The van der Waals surface area contributed by atoms with Gasteiger partial charge in [-0.15, -0.1) is 34.2 Å². The summed E-state index contributed by atoms with van der Waals surface area (Å²) in [6, 6.07) is 0. The molecule has 1 aliphatic rings. The molecule has 8 nitrogen and oxygen atoms in total. The number of likely N-dealkylation sites (N-methyl/N-ethyl adjacent to an activating group) is 1. The van der Waals surface area contributed by atoms with Gasteiger partial charge in [0.1, 0.15) is 5.82 Å². The third-order valence-electron chi connectivity index (χ3n) is 3.73. The van der Waals surface area contributed by atoms with Crippen molar-refractivity contribution in [3.63, 3.8) is 0 Å². The van der Waals surface area contributed by atoms with Crippen molar-refractivity contribution in [1.82, 2.24) is 30.3 Å². The number of amides is 1. The molecular weight excluding hydrogens is 409 g/mol. The van der Waals surface area contributed by atoms with E-state index in [4.69, 9.17) is 0 Å². The van der Waals surface area contributed by atoms with Gasteiger partial charge in [0, 0.05) is 34.1 Å². The molecular formula is C14H26IN7O. The van der Waals surface area contributed by atoms with E-state index < -0.39 is 0 Å². The van der Waals surface area contributed by atoms with Crippen LogP contribution >= 0.6 is 24.0 Å². The Morgan fingerprint density at radius 3 is 2.74 bits per heavy atom. The zero-order chi connectivity index (χ0) is 15.9. The number of fused-ring (bicyclic) bond motifs is 1. The Bertz CT molecular complexity index is 541. The van der Waals surface area contributed by atoms with Gasteiger partial charge in [0.05, 0.1) is 13.1 Å². The molecule has 0 atom stereocenters. The van der Waals surface area contributed by atoms with E-state index in [1.807, 2.05) is 0 Å². The number of carbonyl (C=O) groups is 1. The maximum absolute atomic E-state index is 11.6. The molecule has 0 unspecified atom stereocenters. The number of aryl methyl sites for hydroxylation is 1. The lowest BCUT2D eigenvalue weighted by Crippen LogP contribution is -2.42. The lowest BCUT2D eigenvalue weighted by atomic mass is 10.2. The molecule has 130 valence electrons. The minimum absolute atomic E-state index is 0. The first-order chi connectivity index (χ1) is 10.6. The smallest absolute Gasteiger partial charge is 0.241 e. The van der Waals surface area contributed by atoms with Gasteiger partial charge < -0.3 is 20.1 Å². The molecule has 0 aromatic carbocycles. The highest BCUT2D eigenvalue weighted by atomic mass is 127. The quantitative estimate of drug-likeness (QED) is 0.406. The molecule has 1 amide bonds. The third kappa shape index (κ3) is 5.63. The molecule has 9 heteroatoms. The lowest BCUT2D eigenvalue weighted by molar-refractivity contribution is -0.127. The molecule has 0 bridgehead atoms. The summed E-state index contributed by atoms with van der Waals surface area (Å²) < 4.78 is 2.19. The van der Waals surface area contributed by atoms with Gasteiger partial charge in [0.2, 0.25) is 5.91 Å². The largest absolute Gasteiger partial charge is 0.349 e. The van der Waals surface area contributed by atoms with Crippen LogP contribution in [-0.4, -0.2) is 59.2 Å². The van der Waals surface area contributed by atoms with Crippen LogP contribution in [0.4, 0.5) is 0 Å². The number of nitrogens with zero attached hydrogens (tertiary/aromatic N) is 5. The van der Waals surface area contributed by atoms with Gasteiger partial charge in [-0.2, -0.15) is 0 Å². The fraction of sp³-hybridized carbons (Fsp3) is 0.714. The van der Waals surface area contributed by atoms with E-state index in [9.17, 15) is 4.79 Å². The van der Waals surface area contributed by atoms with Crippen LogP contribution in [0, 0.1) is 0 Å². The summed E-state index contributed by atoms with van der Waals surface area (Å²) in [5, 5.41) is 14.7. The van der Waals surface area contributed by atoms with Gasteiger partial charge >= 0.3 is 0 Å². The number of hydrogen-bond donors (Lipinski definition) is 2. The first-order valence-electron chi connectivity index (χ1n) is 7.67. The summed E-state index contributed by atoms with van der Waals surface area (Å²) in [4.78, 5) is 17.2. The zero-order valence-corrected chi connectivity index (χ0v) is 16.3. The van der Waals surface area contributed by atoms with E-state index in [1.165, 1.54) is 19.3 Å². The van der Waals surface area contributed by atoms with Crippen LogP contribution in [-0.2, 0) is 24.3 Å². The predicted molar refractivity (Wildman–Crippen MR) is 99.9 cm³/mol. The second-order valence-corrected chi connectivity index (χ2v) is 5.56. The molecule has 0 spiro atoms. The number of carbonyl (C=O) groups excluding carboxylic acids is 1. The Kier molecular flexibility index (Phi) is 8.28. The van der Waals surface area contributed by atoms with Gasteiger partial charge in [0.25, 0.3) is 0 Å². The standard InChI is InChI=1S/C14H25N7O.HI/c1-15-14(17-10-13(22)20(2)3)16-9-12-19-18-11-7-5-4-6-8-21(11)12;/h4-10H2,1-3H3,(H2,15,16,17);1H. The van der Waals surface area contributed by atoms with Crippen LogP contribution < -0.4 is 10.6 Å². The Morgan fingerprint density at radius 2 is 2.04 bits per heavy atom. The number of halogens is 1. The van der Waals surface area contributed by atoms with Gasteiger partial charge in [0.15, 0.2) is 11.8 Å². The van der Waals surface area contributed by atoms with Crippen LogP contribution in [0.2, 0.25) is 0 Å². The lowest BCUT2D eigenvalue weighted by Gasteiger charge is -2.14. The molecule has 2 N–H and O–H groups in total. The van der Waals surface area contributed by atoms with Crippen LogP contribution in [0.5, 0.6) is 0 Å². The highest BCUT2D eigenvalue weighted by molar-refractivity contribution is 14.0. The van der Waals surface area contributed by atoms with E-state index in [-0.39, 0.29) is 36.4 Å². The summed E-state index contributed by atoms with van der Waals surface area (Å²) in [5.74, 6) is 2.57. The van der Waals surface area contributed by atoms with Crippen molar-refractivity contribution >= 4 is 35.8 Å². The highest BCUT2D eigenvalue weighted by Crippen LogP contribution is 2.14. The summed E-state index contributed by atoms with van der Waals surface area (Å²) >= 11 is 0. The first kappa shape index (κ1) is 19.7. The third-order valence-corrected chi connectivity index (χ3v) is 3.73. The van der Waals surface area contributed by atoms with Gasteiger partial charge in [-0.25, -0.2) is 0 Å². The molecule has 2 heterocycles. The van der Waals surface area contributed by atoms with Crippen LogP contribution in [0.15, 0.2) is 4.99 Å². The highest BCUT2D eigenvalue weighted by Gasteiger charge is 2.14. The average Bonchev–Trinajstić information content (AvgIpc) is 2.74. The van der Waals surface area contributed by atoms with Crippen LogP contribution in [0.25, 0.3) is 0 Å². The Hall–Kier alpha value is -1.39. The van der Waals surface area contributed by atoms with Crippen molar-refractivity contribution in [2.75, 3.05) is 27.7 Å². The molecule has 23 heavy (non-hydrogen) atoms. The number of nitrogens with one attached hydrogen (secondary N) is 2.